The summed E-state index contributed by atoms with van der Waals surface area (Å²) < 4.78 is 11.6. The van der Waals surface area contributed by atoms with Crippen molar-refractivity contribution in [3.63, 3.8) is 0 Å². The molecule has 1 atom stereocenters. The highest BCUT2D eigenvalue weighted by atomic mass is 16.5. The number of nitrogens with one attached hydrogen (secondary N) is 1. The van der Waals surface area contributed by atoms with E-state index in [9.17, 15) is 4.79 Å². The van der Waals surface area contributed by atoms with Crippen LogP contribution in [0.5, 0.6) is 11.5 Å². The van der Waals surface area contributed by atoms with Crippen LogP contribution in [0, 0.1) is 0 Å². The van der Waals surface area contributed by atoms with Crippen LogP contribution in [0.2, 0.25) is 0 Å². The van der Waals surface area contributed by atoms with Crippen molar-refractivity contribution in [2.45, 2.75) is 25.3 Å². The van der Waals surface area contributed by atoms with Crippen LogP contribution < -0.4 is 9.47 Å². The zero-order chi connectivity index (χ0) is 26.8. The molecule has 6 nitrogen and oxygen atoms in total. The van der Waals surface area contributed by atoms with Crippen LogP contribution in [0.3, 0.4) is 0 Å². The van der Waals surface area contributed by atoms with E-state index in [1.807, 2.05) is 35.2 Å². The van der Waals surface area contributed by atoms with Crippen molar-refractivity contribution in [1.29, 1.82) is 0 Å². The van der Waals surface area contributed by atoms with Crippen molar-refractivity contribution in [1.82, 2.24) is 14.8 Å². The predicted molar refractivity (Wildman–Crippen MR) is 155 cm³/mol. The first-order chi connectivity index (χ1) is 19.1. The highest BCUT2D eigenvalue weighted by molar-refractivity contribution is 5.93. The SMILES string of the molecule is CN(C)CCCOc1ccc(/C=C/C(=O)N2CCc3c([nH]c4ccccc34)[C@H]2c2ccc3c(c2)CCO3)cc1. The molecule has 200 valence electrons. The Hall–Kier alpha value is -4.03. The fourth-order valence-corrected chi connectivity index (χ4v) is 5.71. The third-order valence-corrected chi connectivity index (χ3v) is 7.66. The molecule has 0 radical (unpaired) electrons. The Balaban J connectivity index is 1.24. The number of ether oxygens (including phenoxy) is 2. The Kier molecular flexibility index (Phi) is 7.12. The first-order valence-electron chi connectivity index (χ1n) is 13.8. The van der Waals surface area contributed by atoms with Gasteiger partial charge in [-0.1, -0.05) is 36.4 Å². The molecule has 39 heavy (non-hydrogen) atoms. The van der Waals surface area contributed by atoms with Crippen molar-refractivity contribution >= 4 is 22.9 Å². The van der Waals surface area contributed by atoms with Gasteiger partial charge in [-0.15, -0.1) is 0 Å². The quantitative estimate of drug-likeness (QED) is 0.242. The maximum absolute atomic E-state index is 13.7. The first kappa shape index (κ1) is 25.3. The van der Waals surface area contributed by atoms with Crippen LogP contribution in [-0.2, 0) is 17.6 Å². The summed E-state index contributed by atoms with van der Waals surface area (Å²) in [6.45, 7) is 3.06. The normalized spacial score (nSPS) is 16.5. The maximum Gasteiger partial charge on any atom is 0.247 e. The molecular weight excluding hydrogens is 486 g/mol. The number of H-pyrrole nitrogens is 1. The fourth-order valence-electron chi connectivity index (χ4n) is 5.71. The number of aromatic nitrogens is 1. The molecule has 0 fully saturated rings. The van der Waals surface area contributed by atoms with E-state index in [-0.39, 0.29) is 11.9 Å². The predicted octanol–water partition coefficient (Wildman–Crippen LogP) is 5.62. The Morgan fingerprint density at radius 1 is 1.10 bits per heavy atom. The Morgan fingerprint density at radius 3 is 2.79 bits per heavy atom. The number of para-hydroxylation sites is 1. The molecule has 6 rings (SSSR count). The van der Waals surface area contributed by atoms with Gasteiger partial charge in [0.2, 0.25) is 5.91 Å². The zero-order valence-corrected chi connectivity index (χ0v) is 22.7. The Labute approximate surface area is 229 Å². The van der Waals surface area contributed by atoms with Crippen LogP contribution in [0.15, 0.2) is 72.8 Å². The van der Waals surface area contributed by atoms with Gasteiger partial charge in [-0.05, 0) is 85.6 Å². The Morgan fingerprint density at radius 2 is 1.95 bits per heavy atom. The third-order valence-electron chi connectivity index (χ3n) is 7.66. The van der Waals surface area contributed by atoms with Gasteiger partial charge >= 0.3 is 0 Å². The van der Waals surface area contributed by atoms with Gasteiger partial charge in [-0.2, -0.15) is 0 Å². The summed E-state index contributed by atoms with van der Waals surface area (Å²) >= 11 is 0. The molecule has 0 saturated carbocycles. The molecule has 1 aromatic heterocycles. The lowest BCUT2D eigenvalue weighted by molar-refractivity contribution is -0.128. The molecule has 3 heterocycles. The van der Waals surface area contributed by atoms with Crippen molar-refractivity contribution < 1.29 is 14.3 Å². The number of amides is 1. The minimum Gasteiger partial charge on any atom is -0.494 e. The van der Waals surface area contributed by atoms with Gasteiger partial charge in [0.15, 0.2) is 0 Å². The number of benzene rings is 3. The molecular formula is C33H35N3O3. The second kappa shape index (κ2) is 11.0. The Bertz CT molecular complexity index is 1500. The summed E-state index contributed by atoms with van der Waals surface area (Å²) in [7, 11) is 4.13. The lowest BCUT2D eigenvalue weighted by atomic mass is 9.91. The minimum atomic E-state index is -0.179. The average Bonchev–Trinajstić information content (AvgIpc) is 3.58. The van der Waals surface area contributed by atoms with Crippen molar-refractivity contribution in [2.75, 3.05) is 40.4 Å². The summed E-state index contributed by atoms with van der Waals surface area (Å²) in [4.78, 5) is 21.5. The standard InChI is InChI=1S/C33H35N3O3/c1-35(2)18-5-20-38-26-12-8-23(9-13-26)10-15-31(37)36-19-16-28-27-6-3-4-7-29(27)34-32(28)33(36)25-11-14-30-24(22-25)17-21-39-30/h3-4,6-15,22,33-34H,5,16-21H2,1-2H3/b15-10+/t33-/m1/s1. The largest absolute Gasteiger partial charge is 0.494 e. The fraction of sp³-hybridized carbons (Fsp3) is 0.303. The third kappa shape index (κ3) is 5.30. The smallest absolute Gasteiger partial charge is 0.247 e. The number of rotatable bonds is 8. The second-order valence-electron chi connectivity index (χ2n) is 10.6. The van der Waals surface area contributed by atoms with Crippen molar-refractivity contribution in [2.24, 2.45) is 0 Å². The molecule has 0 unspecified atom stereocenters. The summed E-state index contributed by atoms with van der Waals surface area (Å²) in [5, 5.41) is 1.24. The van der Waals surface area contributed by atoms with E-state index in [0.29, 0.717) is 19.8 Å². The van der Waals surface area contributed by atoms with Crippen LogP contribution in [0.1, 0.15) is 40.4 Å². The molecule has 0 bridgehead atoms. The van der Waals surface area contributed by atoms with Gasteiger partial charge in [0.25, 0.3) is 0 Å². The van der Waals surface area contributed by atoms with Gasteiger partial charge in [-0.25, -0.2) is 0 Å². The minimum absolute atomic E-state index is 0.00469. The summed E-state index contributed by atoms with van der Waals surface area (Å²) in [5.41, 5.74) is 6.83. The summed E-state index contributed by atoms with van der Waals surface area (Å²) in [5.74, 6) is 1.81. The van der Waals surface area contributed by atoms with E-state index >= 15 is 0 Å². The monoisotopic (exact) mass is 521 g/mol. The number of nitrogens with zero attached hydrogens (tertiary/aromatic N) is 2. The number of fused-ring (bicyclic) bond motifs is 4. The molecule has 0 spiro atoms. The maximum atomic E-state index is 13.7. The van der Waals surface area contributed by atoms with Crippen LogP contribution in [0.25, 0.3) is 17.0 Å². The highest BCUT2D eigenvalue weighted by Crippen LogP contribution is 2.40. The molecule has 4 aromatic rings. The van der Waals surface area contributed by atoms with Gasteiger partial charge in [0.05, 0.1) is 19.3 Å². The average molecular weight is 522 g/mol. The molecule has 2 aliphatic rings. The summed E-state index contributed by atoms with van der Waals surface area (Å²) in [6.07, 6.45) is 6.30. The van der Waals surface area contributed by atoms with Gasteiger partial charge in [0.1, 0.15) is 11.5 Å². The van der Waals surface area contributed by atoms with E-state index < -0.39 is 0 Å². The number of aromatic amines is 1. The van der Waals surface area contributed by atoms with Crippen molar-refractivity contribution in [3.05, 3.63) is 101 Å². The lowest BCUT2D eigenvalue weighted by Crippen LogP contribution is -2.39. The van der Waals surface area contributed by atoms with Crippen molar-refractivity contribution in [3.8, 4) is 11.5 Å². The molecule has 1 amide bonds. The summed E-state index contributed by atoms with van der Waals surface area (Å²) in [6, 6.07) is 22.5. The highest BCUT2D eigenvalue weighted by Gasteiger charge is 2.34. The van der Waals surface area contributed by atoms with Gasteiger partial charge in [0, 0.05) is 42.2 Å². The van der Waals surface area contributed by atoms with E-state index in [2.05, 4.69) is 66.4 Å². The number of hydrogen-bond donors (Lipinski definition) is 1. The van der Waals surface area contributed by atoms with E-state index in [1.165, 1.54) is 16.5 Å². The van der Waals surface area contributed by atoms with E-state index in [4.69, 9.17) is 9.47 Å². The molecule has 6 heteroatoms. The number of carbonyl (C=O) groups is 1. The lowest BCUT2D eigenvalue weighted by Gasteiger charge is -2.36. The van der Waals surface area contributed by atoms with E-state index in [0.717, 1.165) is 59.6 Å². The van der Waals surface area contributed by atoms with Crippen LogP contribution in [0.4, 0.5) is 0 Å². The molecule has 0 aliphatic carbocycles. The molecule has 2 aliphatic heterocycles. The van der Waals surface area contributed by atoms with Gasteiger partial charge in [-0.3, -0.25) is 4.79 Å². The van der Waals surface area contributed by atoms with E-state index in [1.54, 1.807) is 6.08 Å². The molecule has 3 aromatic carbocycles. The zero-order valence-electron chi connectivity index (χ0n) is 22.7. The first-order valence-corrected chi connectivity index (χ1v) is 13.8. The van der Waals surface area contributed by atoms with Gasteiger partial charge < -0.3 is 24.3 Å². The second-order valence-corrected chi connectivity index (χ2v) is 10.6. The van der Waals surface area contributed by atoms with Crippen LogP contribution >= 0.6 is 0 Å². The topological polar surface area (TPSA) is 57.8 Å². The van der Waals surface area contributed by atoms with Crippen LogP contribution in [-0.4, -0.2) is 61.1 Å². The molecule has 0 saturated heterocycles. The number of hydrogen-bond acceptors (Lipinski definition) is 4. The number of carbonyl (C=O) groups excluding carboxylic acids is 1. The molecule has 1 N–H and O–H groups in total.